The molecule has 0 saturated carbocycles. The number of esters is 1. The Balaban J connectivity index is 1.49. The van der Waals surface area contributed by atoms with Gasteiger partial charge in [-0.05, 0) is 55.0 Å². The summed E-state index contributed by atoms with van der Waals surface area (Å²) in [4.78, 5) is 22.6. The molecule has 0 atom stereocenters. The molecule has 0 radical (unpaired) electrons. The number of hydrogen-bond donors (Lipinski definition) is 1. The maximum absolute atomic E-state index is 12.3. The highest BCUT2D eigenvalue weighted by molar-refractivity contribution is 7.71. The quantitative estimate of drug-likeness (QED) is 0.109. The van der Waals surface area contributed by atoms with Crippen molar-refractivity contribution in [1.29, 1.82) is 0 Å². The first-order valence-electron chi connectivity index (χ1n) is 9.76. The number of nitrogens with zero attached hydrogens (tertiary/aromatic N) is 4. The van der Waals surface area contributed by atoms with Crippen molar-refractivity contribution in [2.45, 2.75) is 6.92 Å². The van der Waals surface area contributed by atoms with Gasteiger partial charge in [-0.15, -0.1) is 0 Å². The van der Waals surface area contributed by atoms with Gasteiger partial charge < -0.3 is 4.74 Å². The largest absolute Gasteiger partial charge is 0.423 e. The minimum atomic E-state index is -0.687. The summed E-state index contributed by atoms with van der Waals surface area (Å²) in [5.74, 6) is 0.190. The summed E-state index contributed by atoms with van der Waals surface area (Å²) in [6.07, 6.45) is 1.61. The minimum absolute atomic E-state index is 0.0906. The van der Waals surface area contributed by atoms with Crippen LogP contribution in [0.5, 0.6) is 5.75 Å². The van der Waals surface area contributed by atoms with E-state index in [2.05, 4.69) is 15.3 Å². The standard InChI is InChI=1S/C23H17N5O4S/c1-15-5-9-17(10-6-15)21-25-26-23(33)27(21)24-14-16-7-11-20(12-8-16)32-22(29)18-3-2-4-19(13-18)28(30)31/h2-14H,1H3,(H,26,33)/b24-14-. The Morgan fingerprint density at radius 2 is 1.88 bits per heavy atom. The average molecular weight is 459 g/mol. The number of aromatic nitrogens is 3. The molecule has 3 aromatic carbocycles. The highest BCUT2D eigenvalue weighted by atomic mass is 32.1. The van der Waals surface area contributed by atoms with E-state index in [1.807, 2.05) is 31.2 Å². The lowest BCUT2D eigenvalue weighted by Crippen LogP contribution is -2.08. The Labute approximate surface area is 193 Å². The first-order valence-corrected chi connectivity index (χ1v) is 10.2. The van der Waals surface area contributed by atoms with E-state index in [1.54, 1.807) is 30.5 Å². The first kappa shape index (κ1) is 21.8. The van der Waals surface area contributed by atoms with Crippen LogP contribution < -0.4 is 4.74 Å². The second-order valence-electron chi connectivity index (χ2n) is 7.04. The van der Waals surface area contributed by atoms with Crippen molar-refractivity contribution in [1.82, 2.24) is 14.9 Å². The Morgan fingerprint density at radius 1 is 1.15 bits per heavy atom. The first-order chi connectivity index (χ1) is 15.9. The molecule has 0 spiro atoms. The van der Waals surface area contributed by atoms with E-state index in [0.717, 1.165) is 16.7 Å². The number of nitro benzene ring substituents is 1. The number of carbonyl (C=O) groups excluding carboxylic acids is 1. The van der Waals surface area contributed by atoms with Crippen LogP contribution in [0.15, 0.2) is 77.9 Å². The van der Waals surface area contributed by atoms with E-state index in [-0.39, 0.29) is 11.3 Å². The number of benzene rings is 3. The number of non-ortho nitro benzene ring substituents is 1. The van der Waals surface area contributed by atoms with Crippen LogP contribution in [0.1, 0.15) is 21.5 Å². The van der Waals surface area contributed by atoms with Gasteiger partial charge >= 0.3 is 5.97 Å². The summed E-state index contributed by atoms with van der Waals surface area (Å²) in [6, 6.07) is 19.8. The van der Waals surface area contributed by atoms with Crippen LogP contribution >= 0.6 is 12.2 Å². The second-order valence-corrected chi connectivity index (χ2v) is 7.43. The Morgan fingerprint density at radius 3 is 2.58 bits per heavy atom. The van der Waals surface area contributed by atoms with E-state index in [9.17, 15) is 14.9 Å². The van der Waals surface area contributed by atoms with Crippen LogP contribution in [0.3, 0.4) is 0 Å². The molecule has 0 bridgehead atoms. The number of hydrogen-bond acceptors (Lipinski definition) is 7. The van der Waals surface area contributed by atoms with Gasteiger partial charge in [-0.2, -0.15) is 14.9 Å². The van der Waals surface area contributed by atoms with Crippen LogP contribution in [-0.2, 0) is 0 Å². The van der Waals surface area contributed by atoms with Crippen molar-refractivity contribution < 1.29 is 14.5 Å². The number of aryl methyl sites for hydroxylation is 1. The Bertz CT molecular complexity index is 1410. The third-order valence-electron chi connectivity index (χ3n) is 4.67. The molecule has 10 heteroatoms. The van der Waals surface area contributed by atoms with Gasteiger partial charge in [0.2, 0.25) is 4.77 Å². The SMILES string of the molecule is Cc1ccc(-c2n[nH]c(=S)n2/N=C\c2ccc(OC(=O)c3cccc([N+](=O)[O-])c3)cc2)cc1. The fraction of sp³-hybridized carbons (Fsp3) is 0.0435. The van der Waals surface area contributed by atoms with Gasteiger partial charge in [0.05, 0.1) is 16.7 Å². The van der Waals surface area contributed by atoms with Gasteiger partial charge in [0.1, 0.15) is 5.75 Å². The van der Waals surface area contributed by atoms with Crippen molar-refractivity contribution in [3.63, 3.8) is 0 Å². The summed E-state index contributed by atoms with van der Waals surface area (Å²) in [5.41, 5.74) is 2.65. The van der Waals surface area contributed by atoms with Gasteiger partial charge in [0.15, 0.2) is 5.82 Å². The highest BCUT2D eigenvalue weighted by Crippen LogP contribution is 2.19. The zero-order valence-corrected chi connectivity index (χ0v) is 18.2. The van der Waals surface area contributed by atoms with Gasteiger partial charge in [0.25, 0.3) is 5.69 Å². The number of nitrogens with one attached hydrogen (secondary N) is 1. The van der Waals surface area contributed by atoms with Crippen molar-refractivity contribution in [2.75, 3.05) is 0 Å². The van der Waals surface area contributed by atoms with E-state index >= 15 is 0 Å². The summed E-state index contributed by atoms with van der Waals surface area (Å²) < 4.78 is 7.18. The van der Waals surface area contributed by atoms with Crippen molar-refractivity contribution in [2.24, 2.45) is 5.10 Å². The molecule has 4 aromatic rings. The zero-order chi connectivity index (χ0) is 23.4. The van der Waals surface area contributed by atoms with Crippen LogP contribution in [0.2, 0.25) is 0 Å². The molecule has 1 N–H and O–H groups in total. The van der Waals surface area contributed by atoms with Gasteiger partial charge in [-0.25, -0.2) is 9.89 Å². The summed E-state index contributed by atoms with van der Waals surface area (Å²) >= 11 is 5.29. The molecule has 164 valence electrons. The molecule has 0 aliphatic rings. The Kier molecular flexibility index (Phi) is 6.18. The maximum atomic E-state index is 12.3. The van der Waals surface area contributed by atoms with E-state index in [4.69, 9.17) is 17.0 Å². The predicted molar refractivity (Wildman–Crippen MR) is 125 cm³/mol. The molecule has 4 rings (SSSR count). The van der Waals surface area contributed by atoms with Crippen LogP contribution in [-0.4, -0.2) is 32.0 Å². The summed E-state index contributed by atoms with van der Waals surface area (Å²) in [6.45, 7) is 2.00. The van der Waals surface area contributed by atoms with E-state index in [0.29, 0.717) is 16.3 Å². The minimum Gasteiger partial charge on any atom is -0.423 e. The lowest BCUT2D eigenvalue weighted by Gasteiger charge is -2.05. The van der Waals surface area contributed by atoms with Crippen LogP contribution in [0, 0.1) is 21.8 Å². The molecule has 0 saturated heterocycles. The third-order valence-corrected chi connectivity index (χ3v) is 4.93. The lowest BCUT2D eigenvalue weighted by atomic mass is 10.1. The van der Waals surface area contributed by atoms with Crippen LogP contribution in [0.4, 0.5) is 5.69 Å². The summed E-state index contributed by atoms with van der Waals surface area (Å²) in [7, 11) is 0. The fourth-order valence-electron chi connectivity index (χ4n) is 2.95. The topological polar surface area (TPSA) is 115 Å². The molecule has 0 aliphatic heterocycles. The number of H-pyrrole nitrogens is 1. The molecule has 0 fully saturated rings. The number of nitro groups is 1. The second kappa shape index (κ2) is 9.37. The van der Waals surface area contributed by atoms with Crippen molar-refractivity contribution >= 4 is 30.1 Å². The van der Waals surface area contributed by atoms with Crippen molar-refractivity contribution in [3.8, 4) is 17.1 Å². The normalized spacial score (nSPS) is 10.9. The molecule has 0 aliphatic carbocycles. The number of ether oxygens (including phenoxy) is 1. The molecule has 0 unspecified atom stereocenters. The molecule has 33 heavy (non-hydrogen) atoms. The van der Waals surface area contributed by atoms with Gasteiger partial charge in [-0.3, -0.25) is 10.1 Å². The molecule has 1 aromatic heterocycles. The monoisotopic (exact) mass is 459 g/mol. The molecular weight excluding hydrogens is 442 g/mol. The average Bonchev–Trinajstić information content (AvgIpc) is 3.19. The molecule has 9 nitrogen and oxygen atoms in total. The number of aromatic amines is 1. The molecular formula is C23H17N5O4S. The molecule has 1 heterocycles. The van der Waals surface area contributed by atoms with Crippen LogP contribution in [0.25, 0.3) is 11.4 Å². The summed E-state index contributed by atoms with van der Waals surface area (Å²) in [5, 5.41) is 22.3. The van der Waals surface area contributed by atoms with Crippen molar-refractivity contribution in [3.05, 3.63) is 104 Å². The third kappa shape index (κ3) is 5.08. The van der Waals surface area contributed by atoms with E-state index < -0.39 is 10.9 Å². The number of rotatable bonds is 6. The van der Waals surface area contributed by atoms with Gasteiger partial charge in [0, 0.05) is 17.7 Å². The number of carbonyl (C=O) groups is 1. The highest BCUT2D eigenvalue weighted by Gasteiger charge is 2.13. The molecule has 0 amide bonds. The van der Waals surface area contributed by atoms with E-state index in [1.165, 1.54) is 28.9 Å². The Hall–Kier alpha value is -4.44. The van der Waals surface area contributed by atoms with Gasteiger partial charge in [-0.1, -0.05) is 35.9 Å². The smallest absolute Gasteiger partial charge is 0.343 e. The predicted octanol–water partition coefficient (Wildman–Crippen LogP) is 4.93. The lowest BCUT2D eigenvalue weighted by molar-refractivity contribution is -0.384. The fourth-order valence-corrected chi connectivity index (χ4v) is 3.13. The zero-order valence-electron chi connectivity index (χ0n) is 17.3. The maximum Gasteiger partial charge on any atom is 0.343 e.